The Balaban J connectivity index is 1.47. The van der Waals surface area contributed by atoms with Crippen molar-refractivity contribution in [1.82, 2.24) is 15.1 Å². The van der Waals surface area contributed by atoms with Crippen molar-refractivity contribution in [3.8, 4) is 0 Å². The van der Waals surface area contributed by atoms with Gasteiger partial charge < -0.3 is 20.2 Å². The molecule has 0 spiro atoms. The molecule has 1 atom stereocenters. The van der Waals surface area contributed by atoms with Crippen LogP contribution in [0.25, 0.3) is 0 Å². The lowest BCUT2D eigenvalue weighted by Gasteiger charge is -2.31. The van der Waals surface area contributed by atoms with Gasteiger partial charge in [-0.15, -0.1) is 0 Å². The van der Waals surface area contributed by atoms with E-state index in [1.165, 1.54) is 12.8 Å². The Morgan fingerprint density at radius 1 is 1.00 bits per heavy atom. The SMILES string of the molecule is O=C(NCC(=O)N1CCC[C@](O)(CN2CCCC2)CC1)c1ccccc1. The van der Waals surface area contributed by atoms with Crippen molar-refractivity contribution in [3.63, 3.8) is 0 Å². The number of nitrogens with one attached hydrogen (secondary N) is 1. The van der Waals surface area contributed by atoms with Crippen LogP contribution in [0.3, 0.4) is 0 Å². The van der Waals surface area contributed by atoms with Crippen molar-refractivity contribution in [3.05, 3.63) is 35.9 Å². The first-order valence-corrected chi connectivity index (χ1v) is 9.62. The predicted molar refractivity (Wildman–Crippen MR) is 99.8 cm³/mol. The molecule has 2 N–H and O–H groups in total. The first kappa shape index (κ1) is 18.9. The van der Waals surface area contributed by atoms with Crippen molar-refractivity contribution in [2.24, 2.45) is 0 Å². The molecule has 0 bridgehead atoms. The maximum Gasteiger partial charge on any atom is 0.251 e. The standard InChI is InChI=1S/C20H29N3O3/c24-18(15-21-19(25)17-7-2-1-3-8-17)23-13-6-9-20(26,10-14-23)16-22-11-4-5-12-22/h1-3,7-8,26H,4-6,9-16H2,(H,21,25)/t20-/m1/s1. The van der Waals surface area contributed by atoms with E-state index in [2.05, 4.69) is 10.2 Å². The molecule has 0 aromatic heterocycles. The topological polar surface area (TPSA) is 72.9 Å². The number of likely N-dealkylation sites (tertiary alicyclic amines) is 2. The summed E-state index contributed by atoms with van der Waals surface area (Å²) in [5.41, 5.74) is -0.150. The summed E-state index contributed by atoms with van der Waals surface area (Å²) in [5.74, 6) is -0.320. The minimum atomic E-state index is -0.702. The summed E-state index contributed by atoms with van der Waals surface area (Å²) in [7, 11) is 0. The molecule has 2 heterocycles. The number of β-amino-alcohol motifs (C(OH)–C–C–N with tert-alkyl or cyclic N) is 1. The Morgan fingerprint density at radius 3 is 2.46 bits per heavy atom. The molecule has 2 aliphatic heterocycles. The summed E-state index contributed by atoms with van der Waals surface area (Å²) < 4.78 is 0. The van der Waals surface area contributed by atoms with Crippen LogP contribution in [0.5, 0.6) is 0 Å². The zero-order valence-corrected chi connectivity index (χ0v) is 15.3. The number of carbonyl (C=O) groups is 2. The lowest BCUT2D eigenvalue weighted by atomic mass is 9.94. The van der Waals surface area contributed by atoms with Crippen LogP contribution in [0.2, 0.25) is 0 Å². The van der Waals surface area contributed by atoms with Crippen LogP contribution in [-0.2, 0) is 4.79 Å². The van der Waals surface area contributed by atoms with Gasteiger partial charge >= 0.3 is 0 Å². The molecule has 6 heteroatoms. The van der Waals surface area contributed by atoms with Crippen LogP contribution in [0.4, 0.5) is 0 Å². The van der Waals surface area contributed by atoms with Crippen molar-refractivity contribution in [1.29, 1.82) is 0 Å². The van der Waals surface area contributed by atoms with Gasteiger partial charge in [0.05, 0.1) is 12.1 Å². The quantitative estimate of drug-likeness (QED) is 0.830. The fraction of sp³-hybridized carbons (Fsp3) is 0.600. The molecule has 0 saturated carbocycles. The van der Waals surface area contributed by atoms with E-state index in [4.69, 9.17) is 0 Å². The summed E-state index contributed by atoms with van der Waals surface area (Å²) in [5, 5.41) is 13.6. The zero-order valence-electron chi connectivity index (χ0n) is 15.3. The van der Waals surface area contributed by atoms with Crippen LogP contribution >= 0.6 is 0 Å². The van der Waals surface area contributed by atoms with Gasteiger partial charge in [-0.05, 0) is 57.3 Å². The number of hydrogen-bond donors (Lipinski definition) is 2. The molecule has 0 unspecified atom stereocenters. The summed E-state index contributed by atoms with van der Waals surface area (Å²) in [4.78, 5) is 28.6. The minimum absolute atomic E-state index is 0.00171. The molecule has 0 aliphatic carbocycles. The van der Waals surface area contributed by atoms with E-state index in [1.807, 2.05) is 6.07 Å². The molecule has 6 nitrogen and oxygen atoms in total. The average Bonchev–Trinajstić information content (AvgIpc) is 3.07. The van der Waals surface area contributed by atoms with Gasteiger partial charge in [-0.1, -0.05) is 18.2 Å². The van der Waals surface area contributed by atoms with E-state index in [0.717, 1.165) is 25.9 Å². The number of amides is 2. The van der Waals surface area contributed by atoms with Gasteiger partial charge in [-0.25, -0.2) is 0 Å². The third-order valence-corrected chi connectivity index (χ3v) is 5.42. The number of aliphatic hydroxyl groups is 1. The molecule has 1 aromatic carbocycles. The maximum atomic E-state index is 12.5. The number of nitrogens with zero attached hydrogens (tertiary/aromatic N) is 2. The molecule has 3 rings (SSSR count). The summed E-state index contributed by atoms with van der Waals surface area (Å²) in [6.45, 7) is 4.03. The van der Waals surface area contributed by atoms with Gasteiger partial charge in [-0.2, -0.15) is 0 Å². The molecular weight excluding hydrogens is 330 g/mol. The highest BCUT2D eigenvalue weighted by Crippen LogP contribution is 2.25. The zero-order chi connectivity index (χ0) is 18.4. The van der Waals surface area contributed by atoms with Gasteiger partial charge in [0.1, 0.15) is 0 Å². The monoisotopic (exact) mass is 359 g/mol. The Hall–Kier alpha value is -1.92. The van der Waals surface area contributed by atoms with Gasteiger partial charge in [0.15, 0.2) is 0 Å². The first-order chi connectivity index (χ1) is 12.6. The molecule has 2 aliphatic rings. The van der Waals surface area contributed by atoms with E-state index in [9.17, 15) is 14.7 Å². The molecule has 2 saturated heterocycles. The molecule has 142 valence electrons. The maximum absolute atomic E-state index is 12.5. The molecule has 26 heavy (non-hydrogen) atoms. The van der Waals surface area contributed by atoms with Gasteiger partial charge in [0, 0.05) is 25.2 Å². The molecule has 2 fully saturated rings. The highest BCUT2D eigenvalue weighted by molar-refractivity contribution is 5.96. The van der Waals surface area contributed by atoms with E-state index >= 15 is 0 Å². The average molecular weight is 359 g/mol. The Kier molecular flexibility index (Phi) is 6.27. The predicted octanol–water partition coefficient (Wildman–Crippen LogP) is 1.26. The van der Waals surface area contributed by atoms with Crippen LogP contribution in [0.1, 0.15) is 42.5 Å². The molecule has 1 aromatic rings. The number of rotatable bonds is 5. The number of carbonyl (C=O) groups excluding carboxylic acids is 2. The first-order valence-electron chi connectivity index (χ1n) is 9.62. The third kappa shape index (κ3) is 5.05. The second kappa shape index (κ2) is 8.64. The fourth-order valence-electron chi connectivity index (χ4n) is 3.90. The van der Waals surface area contributed by atoms with Crippen molar-refractivity contribution >= 4 is 11.8 Å². The largest absolute Gasteiger partial charge is 0.388 e. The van der Waals surface area contributed by atoms with Crippen molar-refractivity contribution in [2.45, 2.75) is 37.7 Å². The van der Waals surface area contributed by atoms with Crippen LogP contribution in [0.15, 0.2) is 30.3 Å². The summed E-state index contributed by atoms with van der Waals surface area (Å²) in [6, 6.07) is 8.90. The highest BCUT2D eigenvalue weighted by atomic mass is 16.3. The normalized spacial score (nSPS) is 24.3. The summed E-state index contributed by atoms with van der Waals surface area (Å²) in [6.07, 6.45) is 4.54. The van der Waals surface area contributed by atoms with Crippen molar-refractivity contribution < 1.29 is 14.7 Å². The van der Waals surface area contributed by atoms with Crippen LogP contribution in [0, 0.1) is 0 Å². The lowest BCUT2D eigenvalue weighted by molar-refractivity contribution is -0.130. The highest BCUT2D eigenvalue weighted by Gasteiger charge is 2.33. The van der Waals surface area contributed by atoms with Crippen LogP contribution in [-0.4, -0.2) is 71.6 Å². The number of benzene rings is 1. The Morgan fingerprint density at radius 2 is 1.73 bits per heavy atom. The van der Waals surface area contributed by atoms with E-state index in [-0.39, 0.29) is 18.4 Å². The smallest absolute Gasteiger partial charge is 0.251 e. The fourth-order valence-corrected chi connectivity index (χ4v) is 3.90. The Bertz CT molecular complexity index is 616. The summed E-state index contributed by atoms with van der Waals surface area (Å²) >= 11 is 0. The molecule has 2 amide bonds. The van der Waals surface area contributed by atoms with Gasteiger partial charge in [0.2, 0.25) is 5.91 Å². The second-order valence-electron chi connectivity index (χ2n) is 7.49. The van der Waals surface area contributed by atoms with Crippen LogP contribution < -0.4 is 5.32 Å². The van der Waals surface area contributed by atoms with E-state index < -0.39 is 5.60 Å². The third-order valence-electron chi connectivity index (χ3n) is 5.42. The second-order valence-corrected chi connectivity index (χ2v) is 7.49. The molecule has 0 radical (unpaired) electrons. The van der Waals surface area contributed by atoms with E-state index in [0.29, 0.717) is 31.6 Å². The van der Waals surface area contributed by atoms with Gasteiger partial charge in [-0.3, -0.25) is 9.59 Å². The minimum Gasteiger partial charge on any atom is -0.388 e. The molecular formula is C20H29N3O3. The lowest BCUT2D eigenvalue weighted by Crippen LogP contribution is -2.44. The van der Waals surface area contributed by atoms with Gasteiger partial charge in [0.25, 0.3) is 5.91 Å². The Labute approximate surface area is 155 Å². The van der Waals surface area contributed by atoms with E-state index in [1.54, 1.807) is 29.2 Å². The number of hydrogen-bond acceptors (Lipinski definition) is 4. The van der Waals surface area contributed by atoms with Crippen molar-refractivity contribution in [2.75, 3.05) is 39.3 Å².